The molecule has 3 heteroatoms. The van der Waals surface area contributed by atoms with Crippen molar-refractivity contribution < 1.29 is 9.59 Å². The fourth-order valence-corrected chi connectivity index (χ4v) is 2.21. The Hall–Kier alpha value is -0.860. The van der Waals surface area contributed by atoms with Gasteiger partial charge in [0.2, 0.25) is 5.91 Å². The highest BCUT2D eigenvalue weighted by atomic mass is 16.2. The number of amides is 1. The Balaban J connectivity index is 2.79. The summed E-state index contributed by atoms with van der Waals surface area (Å²) >= 11 is 0. The van der Waals surface area contributed by atoms with Crippen LogP contribution in [-0.2, 0) is 9.59 Å². The summed E-state index contributed by atoms with van der Waals surface area (Å²) in [6.45, 7) is 8.37. The molecule has 0 aromatic rings. The van der Waals surface area contributed by atoms with Crippen molar-refractivity contribution in [2.75, 3.05) is 6.54 Å². The van der Waals surface area contributed by atoms with Crippen LogP contribution in [0.2, 0.25) is 0 Å². The Kier molecular flexibility index (Phi) is 4.51. The summed E-state index contributed by atoms with van der Waals surface area (Å²) in [6, 6.07) is -0.163. The van der Waals surface area contributed by atoms with E-state index < -0.39 is 0 Å². The first-order valence-electron chi connectivity index (χ1n) is 6.29. The van der Waals surface area contributed by atoms with Crippen molar-refractivity contribution in [2.24, 2.45) is 11.8 Å². The number of carbonyl (C=O) groups excluding carboxylic acids is 2. The number of hydrogen-bond acceptors (Lipinski definition) is 2. The Labute approximate surface area is 98.2 Å². The van der Waals surface area contributed by atoms with Crippen LogP contribution < -0.4 is 0 Å². The largest absolute Gasteiger partial charge is 0.332 e. The number of ketones is 1. The molecule has 3 nitrogen and oxygen atoms in total. The van der Waals surface area contributed by atoms with E-state index in [0.29, 0.717) is 0 Å². The Bertz CT molecular complexity index is 243. The third kappa shape index (κ3) is 2.83. The van der Waals surface area contributed by atoms with Gasteiger partial charge in [0.15, 0.2) is 5.78 Å². The summed E-state index contributed by atoms with van der Waals surface area (Å²) in [5, 5.41) is 0. The summed E-state index contributed by atoms with van der Waals surface area (Å²) in [6.07, 6.45) is 2.93. The molecule has 1 rings (SSSR count). The third-order valence-electron chi connectivity index (χ3n) is 3.18. The normalized spacial score (nSPS) is 21.6. The smallest absolute Gasteiger partial charge is 0.225 e. The molecule has 92 valence electrons. The number of nitrogens with zero attached hydrogens (tertiary/aromatic N) is 1. The van der Waals surface area contributed by atoms with Gasteiger partial charge in [-0.25, -0.2) is 0 Å². The van der Waals surface area contributed by atoms with E-state index >= 15 is 0 Å². The van der Waals surface area contributed by atoms with E-state index in [2.05, 4.69) is 0 Å². The topological polar surface area (TPSA) is 37.4 Å². The van der Waals surface area contributed by atoms with Gasteiger partial charge in [0.1, 0.15) is 0 Å². The van der Waals surface area contributed by atoms with Gasteiger partial charge in [-0.15, -0.1) is 0 Å². The predicted molar refractivity (Wildman–Crippen MR) is 64.0 cm³/mol. The number of hydrogen-bond donors (Lipinski definition) is 0. The van der Waals surface area contributed by atoms with Gasteiger partial charge in [-0.3, -0.25) is 9.59 Å². The zero-order chi connectivity index (χ0) is 12.3. The monoisotopic (exact) mass is 225 g/mol. The van der Waals surface area contributed by atoms with Gasteiger partial charge >= 0.3 is 0 Å². The first-order chi connectivity index (χ1) is 7.45. The summed E-state index contributed by atoms with van der Waals surface area (Å²) in [5.74, 6) is 0.346. The Morgan fingerprint density at radius 1 is 1.06 bits per heavy atom. The van der Waals surface area contributed by atoms with Gasteiger partial charge in [-0.05, 0) is 19.3 Å². The molecule has 1 fully saturated rings. The lowest BCUT2D eigenvalue weighted by molar-refractivity contribution is -0.144. The molecule has 0 bridgehead atoms. The SMILES string of the molecule is CC(C)C(=O)C1CCCCN1C(=O)C(C)C. The molecule has 1 atom stereocenters. The second-order valence-corrected chi connectivity index (χ2v) is 5.25. The molecule has 0 saturated carbocycles. The fraction of sp³-hybridized carbons (Fsp3) is 0.846. The fourth-order valence-electron chi connectivity index (χ4n) is 2.21. The lowest BCUT2D eigenvalue weighted by Gasteiger charge is -2.36. The molecule has 16 heavy (non-hydrogen) atoms. The van der Waals surface area contributed by atoms with E-state index in [1.807, 2.05) is 27.7 Å². The summed E-state index contributed by atoms with van der Waals surface area (Å²) in [4.78, 5) is 25.9. The molecule has 1 unspecified atom stereocenters. The minimum absolute atomic E-state index is 0.0134. The maximum Gasteiger partial charge on any atom is 0.225 e. The highest BCUT2D eigenvalue weighted by Gasteiger charge is 2.33. The van der Waals surface area contributed by atoms with Gasteiger partial charge in [-0.2, -0.15) is 0 Å². The van der Waals surface area contributed by atoms with Gasteiger partial charge in [0.25, 0.3) is 0 Å². The average Bonchev–Trinajstić information content (AvgIpc) is 2.26. The van der Waals surface area contributed by atoms with Crippen LogP contribution in [0.5, 0.6) is 0 Å². The summed E-state index contributed by atoms with van der Waals surface area (Å²) in [5.41, 5.74) is 0. The van der Waals surface area contributed by atoms with Crippen molar-refractivity contribution in [3.8, 4) is 0 Å². The standard InChI is InChI=1S/C13H23NO2/c1-9(2)12(15)11-7-5-6-8-14(11)13(16)10(3)4/h9-11H,5-8H2,1-4H3. The molecule has 1 amide bonds. The molecule has 0 aliphatic carbocycles. The maximum absolute atomic E-state index is 12.0. The van der Waals surface area contributed by atoms with E-state index in [1.54, 1.807) is 4.90 Å². The average molecular weight is 225 g/mol. The highest BCUT2D eigenvalue weighted by Crippen LogP contribution is 2.22. The maximum atomic E-state index is 12.0. The molecule has 0 spiro atoms. The zero-order valence-electron chi connectivity index (χ0n) is 10.8. The van der Waals surface area contributed by atoms with Crippen LogP contribution in [0, 0.1) is 11.8 Å². The third-order valence-corrected chi connectivity index (χ3v) is 3.18. The van der Waals surface area contributed by atoms with E-state index in [4.69, 9.17) is 0 Å². The van der Waals surface area contributed by atoms with Crippen LogP contribution in [0.25, 0.3) is 0 Å². The minimum atomic E-state index is -0.163. The molecule has 1 saturated heterocycles. The molecular weight excluding hydrogens is 202 g/mol. The number of rotatable bonds is 3. The quantitative estimate of drug-likeness (QED) is 0.738. The van der Waals surface area contributed by atoms with Crippen molar-refractivity contribution in [3.05, 3.63) is 0 Å². The first kappa shape index (κ1) is 13.2. The van der Waals surface area contributed by atoms with Gasteiger partial charge in [-0.1, -0.05) is 27.7 Å². The van der Waals surface area contributed by atoms with E-state index in [1.165, 1.54) is 0 Å². The van der Waals surface area contributed by atoms with E-state index in [-0.39, 0.29) is 29.6 Å². The number of carbonyl (C=O) groups is 2. The van der Waals surface area contributed by atoms with Crippen LogP contribution in [0.15, 0.2) is 0 Å². The van der Waals surface area contributed by atoms with Crippen LogP contribution in [-0.4, -0.2) is 29.2 Å². The molecule has 0 radical (unpaired) electrons. The van der Waals surface area contributed by atoms with Crippen molar-refractivity contribution in [2.45, 2.75) is 53.0 Å². The molecular formula is C13H23NO2. The number of likely N-dealkylation sites (tertiary alicyclic amines) is 1. The first-order valence-corrected chi connectivity index (χ1v) is 6.29. The molecule has 0 aromatic carbocycles. The predicted octanol–water partition coefficient (Wildman–Crippen LogP) is 2.25. The lowest BCUT2D eigenvalue weighted by atomic mass is 9.92. The van der Waals surface area contributed by atoms with Gasteiger partial charge < -0.3 is 4.90 Å². The Morgan fingerprint density at radius 2 is 1.69 bits per heavy atom. The lowest BCUT2D eigenvalue weighted by Crippen LogP contribution is -2.50. The summed E-state index contributed by atoms with van der Waals surface area (Å²) in [7, 11) is 0. The number of Topliss-reactive ketones (excluding diaryl/α,β-unsaturated/α-hetero) is 1. The van der Waals surface area contributed by atoms with Crippen molar-refractivity contribution in [3.63, 3.8) is 0 Å². The van der Waals surface area contributed by atoms with Crippen molar-refractivity contribution in [1.82, 2.24) is 4.90 Å². The van der Waals surface area contributed by atoms with Gasteiger partial charge in [0.05, 0.1) is 6.04 Å². The molecule has 1 aliphatic heterocycles. The van der Waals surface area contributed by atoms with E-state index in [9.17, 15) is 9.59 Å². The Morgan fingerprint density at radius 3 is 2.19 bits per heavy atom. The van der Waals surface area contributed by atoms with Crippen LogP contribution >= 0.6 is 0 Å². The summed E-state index contributed by atoms with van der Waals surface area (Å²) < 4.78 is 0. The second kappa shape index (κ2) is 5.46. The van der Waals surface area contributed by atoms with Crippen molar-refractivity contribution in [1.29, 1.82) is 0 Å². The highest BCUT2D eigenvalue weighted by molar-refractivity contribution is 5.90. The van der Waals surface area contributed by atoms with Crippen LogP contribution in [0.1, 0.15) is 47.0 Å². The van der Waals surface area contributed by atoms with E-state index in [0.717, 1.165) is 25.8 Å². The molecule has 1 heterocycles. The van der Waals surface area contributed by atoms with Crippen LogP contribution in [0.3, 0.4) is 0 Å². The van der Waals surface area contributed by atoms with Crippen LogP contribution in [0.4, 0.5) is 0 Å². The van der Waals surface area contributed by atoms with Crippen molar-refractivity contribution >= 4 is 11.7 Å². The number of piperidine rings is 1. The zero-order valence-corrected chi connectivity index (χ0v) is 10.8. The molecule has 0 N–H and O–H groups in total. The minimum Gasteiger partial charge on any atom is -0.332 e. The second-order valence-electron chi connectivity index (χ2n) is 5.25. The van der Waals surface area contributed by atoms with Gasteiger partial charge in [0, 0.05) is 18.4 Å². The molecule has 0 aromatic heterocycles. The molecule has 1 aliphatic rings.